The second kappa shape index (κ2) is 6.32. The normalized spacial score (nSPS) is 19.6. The summed E-state index contributed by atoms with van der Waals surface area (Å²) < 4.78 is 10.3. The van der Waals surface area contributed by atoms with Gasteiger partial charge in [0, 0.05) is 26.7 Å². The maximum absolute atomic E-state index is 5.28. The van der Waals surface area contributed by atoms with Gasteiger partial charge >= 0.3 is 0 Å². The molecular formula is C9H20N2O2. The molecule has 4 heteroatoms. The van der Waals surface area contributed by atoms with Crippen molar-refractivity contribution in [1.82, 2.24) is 9.80 Å². The van der Waals surface area contributed by atoms with Gasteiger partial charge in [-0.05, 0) is 7.05 Å². The topological polar surface area (TPSA) is 24.9 Å². The second-order valence-electron chi connectivity index (χ2n) is 3.44. The van der Waals surface area contributed by atoms with Crippen molar-refractivity contribution in [1.29, 1.82) is 0 Å². The van der Waals surface area contributed by atoms with E-state index in [-0.39, 0.29) is 0 Å². The lowest BCUT2D eigenvalue weighted by molar-refractivity contribution is 0.0110. The van der Waals surface area contributed by atoms with E-state index in [0.29, 0.717) is 0 Å². The molecule has 1 saturated heterocycles. The van der Waals surface area contributed by atoms with Crippen LogP contribution in [-0.4, -0.2) is 70.1 Å². The molecule has 0 amide bonds. The summed E-state index contributed by atoms with van der Waals surface area (Å²) in [4.78, 5) is 4.67. The van der Waals surface area contributed by atoms with Crippen molar-refractivity contribution in [2.75, 3.05) is 60.3 Å². The van der Waals surface area contributed by atoms with Crippen molar-refractivity contribution in [2.45, 2.75) is 0 Å². The molecule has 0 N–H and O–H groups in total. The lowest BCUT2D eigenvalue weighted by atomic mass is 10.4. The van der Waals surface area contributed by atoms with E-state index in [2.05, 4.69) is 16.8 Å². The van der Waals surface area contributed by atoms with Crippen LogP contribution >= 0.6 is 0 Å². The third-order valence-electron chi connectivity index (χ3n) is 2.22. The second-order valence-corrected chi connectivity index (χ2v) is 3.44. The zero-order valence-electron chi connectivity index (χ0n) is 8.66. The molecule has 0 unspecified atom stereocenters. The monoisotopic (exact) mass is 188 g/mol. The number of rotatable bonds is 5. The Kier molecular flexibility index (Phi) is 5.31. The fourth-order valence-corrected chi connectivity index (χ4v) is 1.40. The Morgan fingerprint density at radius 3 is 2.69 bits per heavy atom. The molecule has 0 atom stereocenters. The van der Waals surface area contributed by atoms with Gasteiger partial charge in [0.2, 0.25) is 0 Å². The lowest BCUT2D eigenvalue weighted by Crippen LogP contribution is -2.43. The van der Waals surface area contributed by atoms with Gasteiger partial charge in [0.1, 0.15) is 0 Å². The van der Waals surface area contributed by atoms with Crippen molar-refractivity contribution in [3.63, 3.8) is 0 Å². The van der Waals surface area contributed by atoms with Crippen LogP contribution in [0.2, 0.25) is 0 Å². The van der Waals surface area contributed by atoms with E-state index in [4.69, 9.17) is 9.47 Å². The van der Waals surface area contributed by atoms with E-state index in [9.17, 15) is 0 Å². The van der Waals surface area contributed by atoms with E-state index >= 15 is 0 Å². The third kappa shape index (κ3) is 4.57. The fourth-order valence-electron chi connectivity index (χ4n) is 1.40. The minimum Gasteiger partial charge on any atom is -0.383 e. The summed E-state index contributed by atoms with van der Waals surface area (Å²) >= 11 is 0. The Bertz CT molecular complexity index is 127. The summed E-state index contributed by atoms with van der Waals surface area (Å²) in [6.07, 6.45) is 0. The Morgan fingerprint density at radius 2 is 2.08 bits per heavy atom. The smallest absolute Gasteiger partial charge is 0.0594 e. The number of morpholine rings is 1. The molecule has 0 bridgehead atoms. The molecule has 1 aliphatic rings. The predicted molar refractivity (Wildman–Crippen MR) is 51.8 cm³/mol. The highest BCUT2D eigenvalue weighted by atomic mass is 16.5. The first kappa shape index (κ1) is 10.9. The first-order chi connectivity index (χ1) is 6.33. The standard InChI is InChI=1S/C9H20N2O2/c1-10(3-6-12-2)9-11-4-7-13-8-5-11/h3-9H2,1-2H3. The highest BCUT2D eigenvalue weighted by molar-refractivity contribution is 4.61. The molecule has 0 aromatic rings. The molecule has 0 spiro atoms. The Hall–Kier alpha value is -0.160. The van der Waals surface area contributed by atoms with Crippen molar-refractivity contribution in [3.05, 3.63) is 0 Å². The van der Waals surface area contributed by atoms with Gasteiger partial charge < -0.3 is 9.47 Å². The number of hydrogen-bond acceptors (Lipinski definition) is 4. The van der Waals surface area contributed by atoms with Crippen LogP contribution in [0.15, 0.2) is 0 Å². The maximum atomic E-state index is 5.28. The van der Waals surface area contributed by atoms with Crippen molar-refractivity contribution in [3.8, 4) is 0 Å². The van der Waals surface area contributed by atoms with Gasteiger partial charge in [-0.2, -0.15) is 0 Å². The van der Waals surface area contributed by atoms with Crippen LogP contribution in [0.25, 0.3) is 0 Å². The Balaban J connectivity index is 2.07. The predicted octanol–water partition coefficient (Wildman–Crippen LogP) is -0.146. The molecule has 4 nitrogen and oxygen atoms in total. The summed E-state index contributed by atoms with van der Waals surface area (Å²) in [5, 5.41) is 0. The lowest BCUT2D eigenvalue weighted by Gasteiger charge is -2.30. The zero-order valence-corrected chi connectivity index (χ0v) is 8.66. The number of likely N-dealkylation sites (N-methyl/N-ethyl adjacent to an activating group) is 1. The highest BCUT2D eigenvalue weighted by Crippen LogP contribution is 1.97. The van der Waals surface area contributed by atoms with E-state index in [0.717, 1.165) is 46.1 Å². The van der Waals surface area contributed by atoms with Gasteiger partial charge in [0.05, 0.1) is 26.5 Å². The van der Waals surface area contributed by atoms with Crippen LogP contribution < -0.4 is 0 Å². The largest absolute Gasteiger partial charge is 0.383 e. The molecule has 0 aromatic carbocycles. The Morgan fingerprint density at radius 1 is 1.38 bits per heavy atom. The molecule has 78 valence electrons. The van der Waals surface area contributed by atoms with Gasteiger partial charge in [0.15, 0.2) is 0 Å². The van der Waals surface area contributed by atoms with Crippen molar-refractivity contribution >= 4 is 0 Å². The molecule has 0 radical (unpaired) electrons. The minimum atomic E-state index is 0.806. The highest BCUT2D eigenvalue weighted by Gasteiger charge is 2.11. The van der Waals surface area contributed by atoms with Crippen LogP contribution in [0.3, 0.4) is 0 Å². The number of nitrogens with zero attached hydrogens (tertiary/aromatic N) is 2. The van der Waals surface area contributed by atoms with Crippen molar-refractivity contribution < 1.29 is 9.47 Å². The Labute approximate surface area is 80.4 Å². The molecule has 0 aliphatic carbocycles. The van der Waals surface area contributed by atoms with Gasteiger partial charge in [-0.1, -0.05) is 0 Å². The first-order valence-corrected chi connectivity index (χ1v) is 4.80. The third-order valence-corrected chi connectivity index (χ3v) is 2.22. The summed E-state index contributed by atoms with van der Waals surface area (Å²) in [7, 11) is 3.86. The maximum Gasteiger partial charge on any atom is 0.0594 e. The summed E-state index contributed by atoms with van der Waals surface area (Å²) in [5.41, 5.74) is 0. The number of methoxy groups -OCH3 is 1. The SMILES string of the molecule is COCCN(C)CN1CCOCC1. The molecule has 0 aromatic heterocycles. The average molecular weight is 188 g/mol. The van der Waals surface area contributed by atoms with Gasteiger partial charge in [-0.3, -0.25) is 9.80 Å². The minimum absolute atomic E-state index is 0.806. The molecule has 1 fully saturated rings. The van der Waals surface area contributed by atoms with E-state index in [1.54, 1.807) is 7.11 Å². The van der Waals surface area contributed by atoms with Crippen LogP contribution in [-0.2, 0) is 9.47 Å². The van der Waals surface area contributed by atoms with E-state index in [1.165, 1.54) is 0 Å². The zero-order chi connectivity index (χ0) is 9.52. The first-order valence-electron chi connectivity index (χ1n) is 4.80. The quantitative estimate of drug-likeness (QED) is 0.599. The average Bonchev–Trinajstić information content (AvgIpc) is 2.16. The molecule has 1 aliphatic heterocycles. The summed E-state index contributed by atoms with van der Waals surface area (Å²) in [5.74, 6) is 0. The molecule has 1 rings (SSSR count). The van der Waals surface area contributed by atoms with E-state index < -0.39 is 0 Å². The number of hydrogen-bond donors (Lipinski definition) is 0. The summed E-state index contributed by atoms with van der Waals surface area (Å²) in [6, 6.07) is 0. The van der Waals surface area contributed by atoms with Crippen LogP contribution in [0, 0.1) is 0 Å². The molecule has 1 heterocycles. The van der Waals surface area contributed by atoms with Gasteiger partial charge in [-0.15, -0.1) is 0 Å². The summed E-state index contributed by atoms with van der Waals surface area (Å²) in [6.45, 7) is 6.67. The molecule has 0 saturated carbocycles. The molecule has 13 heavy (non-hydrogen) atoms. The molecular weight excluding hydrogens is 168 g/mol. The van der Waals surface area contributed by atoms with Crippen LogP contribution in [0.1, 0.15) is 0 Å². The fraction of sp³-hybridized carbons (Fsp3) is 1.00. The van der Waals surface area contributed by atoms with Crippen molar-refractivity contribution in [2.24, 2.45) is 0 Å². The van der Waals surface area contributed by atoms with Gasteiger partial charge in [-0.25, -0.2) is 0 Å². The van der Waals surface area contributed by atoms with E-state index in [1.807, 2.05) is 0 Å². The van der Waals surface area contributed by atoms with Gasteiger partial charge in [0.25, 0.3) is 0 Å². The van der Waals surface area contributed by atoms with Crippen LogP contribution in [0.4, 0.5) is 0 Å². The number of ether oxygens (including phenoxy) is 2. The van der Waals surface area contributed by atoms with Crippen LogP contribution in [0.5, 0.6) is 0 Å².